The maximum absolute atomic E-state index is 12.3. The first kappa shape index (κ1) is 13.4. The molecule has 0 radical (unpaired) electrons. The van der Waals surface area contributed by atoms with Crippen molar-refractivity contribution in [2.24, 2.45) is 0 Å². The summed E-state index contributed by atoms with van der Waals surface area (Å²) in [4.78, 5) is 25.2. The minimum absolute atomic E-state index is 0.190. The molecule has 1 fully saturated rings. The zero-order valence-electron chi connectivity index (χ0n) is 11.6. The molecule has 0 saturated carbocycles. The van der Waals surface area contributed by atoms with Gasteiger partial charge < -0.3 is 4.74 Å². The van der Waals surface area contributed by atoms with Gasteiger partial charge in [0.05, 0.1) is 0 Å². The number of carbonyl (C=O) groups is 2. The molecule has 2 aromatic rings. The van der Waals surface area contributed by atoms with E-state index in [4.69, 9.17) is 4.74 Å². The number of rotatable bonds is 3. The number of β-lactam (4-membered cyclic amide) rings is 1. The van der Waals surface area contributed by atoms with Crippen LogP contribution < -0.4 is 4.90 Å². The minimum atomic E-state index is -0.745. The molecule has 0 spiro atoms. The Balaban J connectivity index is 1.96. The molecule has 4 nitrogen and oxygen atoms in total. The second-order valence-electron chi connectivity index (χ2n) is 4.93. The van der Waals surface area contributed by atoms with Crippen molar-refractivity contribution in [1.82, 2.24) is 0 Å². The zero-order chi connectivity index (χ0) is 14.8. The fourth-order valence-electron chi connectivity index (χ4n) is 2.61. The smallest absolute Gasteiger partial charge is 0.303 e. The number of hydrogen-bond acceptors (Lipinski definition) is 3. The lowest BCUT2D eigenvalue weighted by molar-refractivity contribution is -0.160. The molecule has 0 bridgehead atoms. The molecule has 21 heavy (non-hydrogen) atoms. The molecule has 0 N–H and O–H groups in total. The summed E-state index contributed by atoms with van der Waals surface area (Å²) in [7, 11) is 0. The summed E-state index contributed by atoms with van der Waals surface area (Å²) in [5, 5.41) is 0. The lowest BCUT2D eigenvalue weighted by Gasteiger charge is -2.46. The van der Waals surface area contributed by atoms with Crippen molar-refractivity contribution >= 4 is 17.6 Å². The Morgan fingerprint density at radius 2 is 1.57 bits per heavy atom. The fraction of sp³-hybridized carbons (Fsp3) is 0.176. The Kier molecular flexibility index (Phi) is 3.44. The maximum Gasteiger partial charge on any atom is 0.303 e. The molecule has 1 heterocycles. The van der Waals surface area contributed by atoms with Crippen molar-refractivity contribution in [3.63, 3.8) is 0 Å². The largest absolute Gasteiger partial charge is 0.450 e. The van der Waals surface area contributed by atoms with Gasteiger partial charge in [-0.05, 0) is 17.7 Å². The lowest BCUT2D eigenvalue weighted by Crippen LogP contribution is -2.60. The van der Waals surface area contributed by atoms with Gasteiger partial charge in [-0.15, -0.1) is 0 Å². The molecule has 0 aromatic heterocycles. The van der Waals surface area contributed by atoms with Crippen molar-refractivity contribution < 1.29 is 14.3 Å². The molecule has 106 valence electrons. The van der Waals surface area contributed by atoms with E-state index < -0.39 is 12.1 Å². The summed E-state index contributed by atoms with van der Waals surface area (Å²) in [6.45, 7) is 1.32. The molecule has 3 rings (SSSR count). The average molecular weight is 281 g/mol. The normalized spacial score (nSPS) is 20.8. The third-order valence-electron chi connectivity index (χ3n) is 3.51. The van der Waals surface area contributed by atoms with Gasteiger partial charge in [0.1, 0.15) is 6.04 Å². The third-order valence-corrected chi connectivity index (χ3v) is 3.51. The van der Waals surface area contributed by atoms with Crippen LogP contribution in [0.2, 0.25) is 0 Å². The van der Waals surface area contributed by atoms with Crippen LogP contribution in [0.4, 0.5) is 5.69 Å². The monoisotopic (exact) mass is 281 g/mol. The lowest BCUT2D eigenvalue weighted by atomic mass is 9.89. The van der Waals surface area contributed by atoms with Gasteiger partial charge in [-0.3, -0.25) is 14.5 Å². The minimum Gasteiger partial charge on any atom is -0.450 e. The van der Waals surface area contributed by atoms with Crippen LogP contribution in [0.15, 0.2) is 60.7 Å². The Hall–Kier alpha value is -2.62. The van der Waals surface area contributed by atoms with E-state index in [1.54, 1.807) is 4.90 Å². The van der Waals surface area contributed by atoms with Gasteiger partial charge in [0.25, 0.3) is 5.91 Å². The van der Waals surface area contributed by atoms with Crippen molar-refractivity contribution in [1.29, 1.82) is 0 Å². The number of para-hydroxylation sites is 1. The average Bonchev–Trinajstić information content (AvgIpc) is 2.51. The molecule has 1 amide bonds. The van der Waals surface area contributed by atoms with Crippen molar-refractivity contribution in [3.8, 4) is 0 Å². The summed E-state index contributed by atoms with van der Waals surface area (Å²) in [5.74, 6) is -0.632. The molecule has 2 aromatic carbocycles. The van der Waals surface area contributed by atoms with Crippen LogP contribution in [0.25, 0.3) is 0 Å². The number of hydrogen-bond donors (Lipinski definition) is 0. The first-order valence-electron chi connectivity index (χ1n) is 6.79. The van der Waals surface area contributed by atoms with Crippen LogP contribution in [0, 0.1) is 0 Å². The Morgan fingerprint density at radius 3 is 2.14 bits per heavy atom. The van der Waals surface area contributed by atoms with E-state index in [2.05, 4.69) is 0 Å². The molecule has 0 unspecified atom stereocenters. The van der Waals surface area contributed by atoms with E-state index in [9.17, 15) is 9.59 Å². The van der Waals surface area contributed by atoms with Crippen molar-refractivity contribution in [2.75, 3.05) is 4.90 Å². The highest BCUT2D eigenvalue weighted by molar-refractivity contribution is 6.05. The van der Waals surface area contributed by atoms with Gasteiger partial charge in [-0.2, -0.15) is 0 Å². The van der Waals surface area contributed by atoms with Gasteiger partial charge in [0, 0.05) is 12.6 Å². The summed E-state index contributed by atoms with van der Waals surface area (Å²) in [6, 6.07) is 18.7. The highest BCUT2D eigenvalue weighted by Gasteiger charge is 2.51. The van der Waals surface area contributed by atoms with Crippen LogP contribution in [-0.2, 0) is 14.3 Å². The number of amides is 1. The zero-order valence-corrected chi connectivity index (χ0v) is 11.6. The van der Waals surface area contributed by atoms with Crippen LogP contribution in [-0.4, -0.2) is 18.0 Å². The van der Waals surface area contributed by atoms with Crippen LogP contribution >= 0.6 is 0 Å². The van der Waals surface area contributed by atoms with Crippen LogP contribution in [0.3, 0.4) is 0 Å². The Labute approximate surface area is 123 Å². The first-order valence-corrected chi connectivity index (χ1v) is 6.79. The molecule has 1 aliphatic heterocycles. The highest BCUT2D eigenvalue weighted by atomic mass is 16.6. The van der Waals surface area contributed by atoms with Crippen molar-refractivity contribution in [3.05, 3.63) is 66.2 Å². The van der Waals surface area contributed by atoms with Crippen LogP contribution in [0.5, 0.6) is 0 Å². The quantitative estimate of drug-likeness (QED) is 0.642. The van der Waals surface area contributed by atoms with E-state index in [-0.39, 0.29) is 11.9 Å². The SMILES string of the molecule is CC(=O)O[C@@H]1C(=O)N(c2ccccc2)[C@H]1c1ccccc1. The van der Waals surface area contributed by atoms with E-state index in [0.29, 0.717) is 0 Å². The van der Waals surface area contributed by atoms with E-state index in [1.807, 2.05) is 60.7 Å². The Bertz CT molecular complexity index is 654. The predicted octanol–water partition coefficient (Wildman–Crippen LogP) is 2.71. The molecule has 4 heteroatoms. The van der Waals surface area contributed by atoms with Gasteiger partial charge in [-0.25, -0.2) is 0 Å². The molecule has 2 atom stereocenters. The summed E-state index contributed by atoms with van der Waals surface area (Å²) < 4.78 is 5.19. The summed E-state index contributed by atoms with van der Waals surface area (Å²) in [5.41, 5.74) is 1.76. The number of anilines is 1. The third kappa shape index (κ3) is 2.40. The van der Waals surface area contributed by atoms with E-state index in [1.165, 1.54) is 6.92 Å². The second kappa shape index (κ2) is 5.40. The standard InChI is InChI=1S/C17H15NO3/c1-12(19)21-16-15(13-8-4-2-5-9-13)18(17(16)20)14-10-6-3-7-11-14/h2-11,15-16H,1H3/t15-,16-/m0/s1. The molecule has 1 saturated heterocycles. The van der Waals surface area contributed by atoms with Gasteiger partial charge in [0.15, 0.2) is 0 Å². The topological polar surface area (TPSA) is 46.6 Å². The highest BCUT2D eigenvalue weighted by Crippen LogP contribution is 2.40. The predicted molar refractivity (Wildman–Crippen MR) is 78.7 cm³/mol. The molecular formula is C17H15NO3. The number of ether oxygens (including phenoxy) is 1. The molecule has 0 aliphatic carbocycles. The summed E-state index contributed by atoms with van der Waals surface area (Å²) >= 11 is 0. The number of carbonyl (C=O) groups excluding carboxylic acids is 2. The van der Waals surface area contributed by atoms with Crippen LogP contribution in [0.1, 0.15) is 18.5 Å². The van der Waals surface area contributed by atoms with Crippen molar-refractivity contribution in [2.45, 2.75) is 19.1 Å². The Morgan fingerprint density at radius 1 is 1.00 bits per heavy atom. The van der Waals surface area contributed by atoms with Gasteiger partial charge in [0.2, 0.25) is 6.10 Å². The number of benzene rings is 2. The van der Waals surface area contributed by atoms with Gasteiger partial charge >= 0.3 is 5.97 Å². The van der Waals surface area contributed by atoms with E-state index in [0.717, 1.165) is 11.3 Å². The molecule has 1 aliphatic rings. The number of esters is 1. The maximum atomic E-state index is 12.3. The second-order valence-corrected chi connectivity index (χ2v) is 4.93. The van der Waals surface area contributed by atoms with E-state index >= 15 is 0 Å². The first-order chi connectivity index (χ1) is 10.2. The number of nitrogens with zero attached hydrogens (tertiary/aromatic N) is 1. The molecular weight excluding hydrogens is 266 g/mol. The van der Waals surface area contributed by atoms with Gasteiger partial charge in [-0.1, -0.05) is 48.5 Å². The fourth-order valence-corrected chi connectivity index (χ4v) is 2.61. The summed E-state index contributed by atoms with van der Waals surface area (Å²) in [6.07, 6.45) is -0.745.